The molecule has 154 valence electrons. The van der Waals surface area contributed by atoms with Crippen LogP contribution in [0.4, 0.5) is 0 Å². The van der Waals surface area contributed by atoms with Gasteiger partial charge in [0.1, 0.15) is 18.1 Å². The Bertz CT molecular complexity index is 947. The summed E-state index contributed by atoms with van der Waals surface area (Å²) in [5.41, 5.74) is 4.64. The highest BCUT2D eigenvalue weighted by Crippen LogP contribution is 2.22. The Morgan fingerprint density at radius 1 is 1.03 bits per heavy atom. The molecule has 3 aromatic rings. The largest absolute Gasteiger partial charge is 0.482 e. The average molecular weight is 404 g/mol. The second-order valence-corrected chi connectivity index (χ2v) is 6.71. The van der Waals surface area contributed by atoms with E-state index in [0.29, 0.717) is 12.4 Å². The summed E-state index contributed by atoms with van der Waals surface area (Å²) < 4.78 is 5.34. The first-order valence-electron chi connectivity index (χ1n) is 9.74. The molecule has 1 heterocycles. The summed E-state index contributed by atoms with van der Waals surface area (Å²) >= 11 is 0. The standard InChI is InChI=1S/C24H24N2O4/c1-18-19(10-5-13-22(18)29-17-23(27)28)12-7-15-30-26-24(20-8-3-2-4-9-20)21-11-6-14-25-16-21/h2-6,8-11,13-14,16H,7,12,15,17H2,1H3,(H,27,28). The number of carboxylic acid groups (broad SMARTS) is 1. The molecule has 0 aliphatic heterocycles. The molecule has 0 spiro atoms. The van der Waals surface area contributed by atoms with E-state index >= 15 is 0 Å². The molecule has 6 nitrogen and oxygen atoms in total. The van der Waals surface area contributed by atoms with E-state index in [2.05, 4.69) is 10.1 Å². The minimum absolute atomic E-state index is 0.348. The summed E-state index contributed by atoms with van der Waals surface area (Å²) in [5, 5.41) is 13.2. The monoisotopic (exact) mass is 404 g/mol. The van der Waals surface area contributed by atoms with Gasteiger partial charge in [-0.2, -0.15) is 0 Å². The van der Waals surface area contributed by atoms with E-state index in [-0.39, 0.29) is 6.61 Å². The number of carboxylic acids is 1. The number of pyridine rings is 1. The summed E-state index contributed by atoms with van der Waals surface area (Å²) in [7, 11) is 0. The molecule has 0 aliphatic rings. The summed E-state index contributed by atoms with van der Waals surface area (Å²) in [6, 6.07) is 19.3. The third-order valence-corrected chi connectivity index (χ3v) is 4.57. The molecule has 1 N–H and O–H groups in total. The number of hydrogen-bond acceptors (Lipinski definition) is 5. The number of nitrogens with zero attached hydrogens (tertiary/aromatic N) is 2. The van der Waals surface area contributed by atoms with Crippen molar-refractivity contribution in [2.24, 2.45) is 5.16 Å². The summed E-state index contributed by atoms with van der Waals surface area (Å²) in [6.07, 6.45) is 5.03. The smallest absolute Gasteiger partial charge is 0.341 e. The highest BCUT2D eigenvalue weighted by molar-refractivity contribution is 6.12. The Labute approximate surface area is 175 Å². The fraction of sp³-hybridized carbons (Fsp3) is 0.208. The van der Waals surface area contributed by atoms with Gasteiger partial charge in [-0.1, -0.05) is 47.6 Å². The molecule has 0 fully saturated rings. The van der Waals surface area contributed by atoms with E-state index < -0.39 is 5.97 Å². The Morgan fingerprint density at radius 2 is 1.83 bits per heavy atom. The van der Waals surface area contributed by atoms with E-state index in [1.165, 1.54) is 0 Å². The number of aliphatic carboxylic acids is 1. The topological polar surface area (TPSA) is 81.0 Å². The van der Waals surface area contributed by atoms with Crippen molar-refractivity contribution in [2.75, 3.05) is 13.2 Å². The molecule has 1 aromatic heterocycles. The van der Waals surface area contributed by atoms with Gasteiger partial charge in [0.2, 0.25) is 0 Å². The Kier molecular flexibility index (Phi) is 7.55. The van der Waals surface area contributed by atoms with Crippen molar-refractivity contribution in [3.05, 3.63) is 95.3 Å². The van der Waals surface area contributed by atoms with Crippen LogP contribution in [0.3, 0.4) is 0 Å². The minimum atomic E-state index is -0.992. The molecule has 0 bridgehead atoms. The molecule has 0 aliphatic carbocycles. The first-order chi connectivity index (χ1) is 14.6. The fourth-order valence-corrected chi connectivity index (χ4v) is 3.03. The van der Waals surface area contributed by atoms with Gasteiger partial charge in [-0.3, -0.25) is 4.98 Å². The maximum atomic E-state index is 10.7. The first kappa shape index (κ1) is 21.0. The summed E-state index contributed by atoms with van der Waals surface area (Å²) in [6.45, 7) is 2.04. The maximum Gasteiger partial charge on any atom is 0.341 e. The number of aryl methyl sites for hydroxylation is 1. The molecule has 0 atom stereocenters. The molecule has 0 amide bonds. The average Bonchev–Trinajstić information content (AvgIpc) is 2.77. The van der Waals surface area contributed by atoms with Crippen LogP contribution < -0.4 is 4.74 Å². The van der Waals surface area contributed by atoms with Crippen LogP contribution in [-0.2, 0) is 16.1 Å². The van der Waals surface area contributed by atoms with Crippen molar-refractivity contribution in [1.29, 1.82) is 0 Å². The minimum Gasteiger partial charge on any atom is -0.482 e. The van der Waals surface area contributed by atoms with Crippen LogP contribution >= 0.6 is 0 Å². The van der Waals surface area contributed by atoms with Crippen LogP contribution in [-0.4, -0.2) is 35.0 Å². The highest BCUT2D eigenvalue weighted by Gasteiger charge is 2.09. The normalized spacial score (nSPS) is 11.2. The second-order valence-electron chi connectivity index (χ2n) is 6.71. The predicted molar refractivity (Wildman–Crippen MR) is 115 cm³/mol. The molecular formula is C24H24N2O4. The zero-order chi connectivity index (χ0) is 21.2. The van der Waals surface area contributed by atoms with Gasteiger partial charge in [0, 0.05) is 23.5 Å². The first-order valence-corrected chi connectivity index (χ1v) is 9.74. The quantitative estimate of drug-likeness (QED) is 0.310. The van der Waals surface area contributed by atoms with Gasteiger partial charge < -0.3 is 14.7 Å². The zero-order valence-electron chi connectivity index (χ0n) is 16.8. The molecule has 30 heavy (non-hydrogen) atoms. The molecule has 2 aromatic carbocycles. The SMILES string of the molecule is Cc1c(CCCON=C(c2ccccc2)c2cccnc2)cccc1OCC(=O)O. The van der Waals surface area contributed by atoms with Gasteiger partial charge in [-0.15, -0.1) is 0 Å². The molecule has 6 heteroatoms. The van der Waals surface area contributed by atoms with Gasteiger partial charge in [-0.05, 0) is 49.1 Å². The van der Waals surface area contributed by atoms with Crippen molar-refractivity contribution in [3.63, 3.8) is 0 Å². The van der Waals surface area contributed by atoms with Crippen molar-refractivity contribution < 1.29 is 19.5 Å². The lowest BCUT2D eigenvalue weighted by Crippen LogP contribution is -2.10. The third-order valence-electron chi connectivity index (χ3n) is 4.57. The van der Waals surface area contributed by atoms with E-state index in [1.807, 2.05) is 61.5 Å². The van der Waals surface area contributed by atoms with E-state index in [1.54, 1.807) is 18.5 Å². The number of ether oxygens (including phenoxy) is 1. The Balaban J connectivity index is 1.61. The van der Waals surface area contributed by atoms with Crippen LogP contribution in [0, 0.1) is 6.92 Å². The van der Waals surface area contributed by atoms with E-state index in [9.17, 15) is 4.79 Å². The predicted octanol–water partition coefficient (Wildman–Crippen LogP) is 4.26. The number of benzene rings is 2. The van der Waals surface area contributed by atoms with Crippen LogP contribution in [0.5, 0.6) is 5.75 Å². The number of carbonyl (C=O) groups is 1. The van der Waals surface area contributed by atoms with E-state index in [0.717, 1.165) is 40.8 Å². The molecule has 0 saturated heterocycles. The fourth-order valence-electron chi connectivity index (χ4n) is 3.03. The van der Waals surface area contributed by atoms with Crippen LogP contribution in [0.2, 0.25) is 0 Å². The van der Waals surface area contributed by atoms with Gasteiger partial charge in [0.05, 0.1) is 0 Å². The summed E-state index contributed by atoms with van der Waals surface area (Å²) in [4.78, 5) is 20.5. The Morgan fingerprint density at radius 3 is 2.57 bits per heavy atom. The van der Waals surface area contributed by atoms with Crippen molar-refractivity contribution >= 4 is 11.7 Å². The van der Waals surface area contributed by atoms with Gasteiger partial charge >= 0.3 is 5.97 Å². The lowest BCUT2D eigenvalue weighted by atomic mass is 10.0. The Hall–Kier alpha value is -3.67. The number of aromatic nitrogens is 1. The van der Waals surface area contributed by atoms with Crippen molar-refractivity contribution in [2.45, 2.75) is 19.8 Å². The second kappa shape index (κ2) is 10.8. The molecule has 0 saturated carbocycles. The lowest BCUT2D eigenvalue weighted by molar-refractivity contribution is -0.139. The highest BCUT2D eigenvalue weighted by atomic mass is 16.6. The van der Waals surface area contributed by atoms with Crippen LogP contribution in [0.1, 0.15) is 28.7 Å². The number of hydrogen-bond donors (Lipinski definition) is 1. The van der Waals surface area contributed by atoms with Crippen LogP contribution in [0.25, 0.3) is 0 Å². The van der Waals surface area contributed by atoms with Crippen molar-refractivity contribution in [3.8, 4) is 5.75 Å². The van der Waals surface area contributed by atoms with Crippen LogP contribution in [0.15, 0.2) is 78.2 Å². The number of rotatable bonds is 10. The summed E-state index contributed by atoms with van der Waals surface area (Å²) in [5.74, 6) is -0.398. The lowest BCUT2D eigenvalue weighted by Gasteiger charge is -2.11. The molecule has 0 unspecified atom stereocenters. The maximum absolute atomic E-state index is 10.7. The van der Waals surface area contributed by atoms with Gasteiger partial charge in [-0.25, -0.2) is 4.79 Å². The van der Waals surface area contributed by atoms with E-state index in [4.69, 9.17) is 14.7 Å². The molecule has 0 radical (unpaired) electrons. The van der Waals surface area contributed by atoms with Crippen molar-refractivity contribution in [1.82, 2.24) is 4.98 Å². The molecule has 3 rings (SSSR count). The zero-order valence-corrected chi connectivity index (χ0v) is 16.8. The molecular weight excluding hydrogens is 380 g/mol. The van der Waals surface area contributed by atoms with Gasteiger partial charge in [0.15, 0.2) is 6.61 Å². The number of oxime groups is 1. The van der Waals surface area contributed by atoms with Gasteiger partial charge in [0.25, 0.3) is 0 Å². The third kappa shape index (κ3) is 5.91.